The third-order valence-electron chi connectivity index (χ3n) is 5.24. The van der Waals surface area contributed by atoms with E-state index in [0.29, 0.717) is 13.2 Å². The van der Waals surface area contributed by atoms with E-state index >= 15 is 0 Å². The van der Waals surface area contributed by atoms with E-state index in [9.17, 15) is 0 Å². The molecule has 1 aliphatic rings. The molecule has 1 aliphatic heterocycles. The molecular formula is C18H32BrN3O2Si. The highest BCUT2D eigenvalue weighted by atomic mass is 79.9. The van der Waals surface area contributed by atoms with Crippen LogP contribution in [-0.2, 0) is 15.7 Å². The summed E-state index contributed by atoms with van der Waals surface area (Å²) in [5, 5.41) is 3.43. The minimum atomic E-state index is -1.77. The number of anilines is 1. The molecule has 0 spiro atoms. The van der Waals surface area contributed by atoms with Gasteiger partial charge in [0.25, 0.3) is 0 Å². The minimum absolute atomic E-state index is 0.212. The maximum absolute atomic E-state index is 6.48. The van der Waals surface area contributed by atoms with E-state index in [4.69, 9.17) is 9.16 Å². The lowest BCUT2D eigenvalue weighted by Crippen LogP contribution is -2.52. The molecule has 25 heavy (non-hydrogen) atoms. The molecule has 2 heterocycles. The molecule has 1 N–H and O–H groups in total. The van der Waals surface area contributed by atoms with Crippen LogP contribution in [-0.4, -0.2) is 52.8 Å². The van der Waals surface area contributed by atoms with Gasteiger partial charge in [0, 0.05) is 13.1 Å². The molecule has 1 saturated heterocycles. The normalized spacial score (nSPS) is 19.3. The molecule has 1 aromatic rings. The lowest BCUT2D eigenvalue weighted by atomic mass is 10.1. The zero-order chi connectivity index (χ0) is 18.7. The van der Waals surface area contributed by atoms with Crippen LogP contribution in [0.4, 0.5) is 5.69 Å². The van der Waals surface area contributed by atoms with Crippen molar-refractivity contribution in [2.75, 3.05) is 38.3 Å². The van der Waals surface area contributed by atoms with Crippen LogP contribution >= 0.6 is 15.9 Å². The van der Waals surface area contributed by atoms with E-state index < -0.39 is 8.32 Å². The number of aromatic nitrogens is 1. The van der Waals surface area contributed by atoms with Crippen molar-refractivity contribution in [3.8, 4) is 0 Å². The van der Waals surface area contributed by atoms with Crippen molar-refractivity contribution in [3.63, 3.8) is 0 Å². The molecular weight excluding hydrogens is 398 g/mol. The second-order valence-electron chi connectivity index (χ2n) is 8.12. The number of nitrogens with one attached hydrogen (secondary N) is 1. The Morgan fingerprint density at radius 3 is 2.76 bits per heavy atom. The highest BCUT2D eigenvalue weighted by Gasteiger charge is 2.38. The molecule has 1 atom stereocenters. The Labute approximate surface area is 161 Å². The minimum Gasteiger partial charge on any atom is -0.415 e. The molecule has 0 saturated carbocycles. The first-order valence-corrected chi connectivity index (χ1v) is 12.6. The smallest absolute Gasteiger partial charge is 0.192 e. The molecule has 0 aromatic carbocycles. The maximum atomic E-state index is 6.48. The molecule has 5 nitrogen and oxygen atoms in total. The van der Waals surface area contributed by atoms with Crippen LogP contribution in [0, 0.1) is 0 Å². The predicted molar refractivity (Wildman–Crippen MR) is 110 cm³/mol. The fourth-order valence-corrected chi connectivity index (χ4v) is 4.05. The fourth-order valence-electron chi connectivity index (χ4n) is 2.66. The number of halogens is 1. The summed E-state index contributed by atoms with van der Waals surface area (Å²) in [6.45, 7) is 15.2. The highest BCUT2D eigenvalue weighted by molar-refractivity contribution is 9.10. The van der Waals surface area contributed by atoms with Crippen LogP contribution in [0.1, 0.15) is 26.5 Å². The Morgan fingerprint density at radius 2 is 2.12 bits per heavy atom. The zero-order valence-electron chi connectivity index (χ0n) is 16.4. The van der Waals surface area contributed by atoms with Crippen molar-refractivity contribution >= 4 is 29.9 Å². The fraction of sp³-hybridized carbons (Fsp3) is 0.722. The van der Waals surface area contributed by atoms with Gasteiger partial charge >= 0.3 is 0 Å². The molecule has 7 heteroatoms. The van der Waals surface area contributed by atoms with E-state index in [1.54, 1.807) is 0 Å². The summed E-state index contributed by atoms with van der Waals surface area (Å²) in [4.78, 5) is 7.07. The van der Waals surface area contributed by atoms with Crippen LogP contribution in [0.25, 0.3) is 0 Å². The number of morpholine rings is 1. The molecule has 0 amide bonds. The van der Waals surface area contributed by atoms with Gasteiger partial charge in [-0.15, -0.1) is 0 Å². The van der Waals surface area contributed by atoms with Crippen LogP contribution in [0.3, 0.4) is 0 Å². The van der Waals surface area contributed by atoms with Crippen molar-refractivity contribution in [1.29, 1.82) is 0 Å². The molecule has 2 rings (SSSR count). The SMILES string of the molecule is CNCc1nc(Br)ccc1N1CCOCC1CO[Si](C)(C)C(C)(C)C. The second-order valence-corrected chi connectivity index (χ2v) is 13.7. The van der Waals surface area contributed by atoms with Crippen LogP contribution in [0.15, 0.2) is 16.7 Å². The molecule has 0 radical (unpaired) electrons. The Kier molecular flexibility index (Phi) is 7.07. The van der Waals surface area contributed by atoms with Crippen molar-refractivity contribution in [3.05, 3.63) is 22.4 Å². The van der Waals surface area contributed by atoms with Gasteiger partial charge in [0.2, 0.25) is 0 Å². The number of nitrogens with zero attached hydrogens (tertiary/aromatic N) is 2. The first-order chi connectivity index (χ1) is 11.7. The Morgan fingerprint density at radius 1 is 1.40 bits per heavy atom. The van der Waals surface area contributed by atoms with E-state index in [-0.39, 0.29) is 11.1 Å². The zero-order valence-corrected chi connectivity index (χ0v) is 18.9. The first kappa shape index (κ1) is 20.8. The number of hydrogen-bond acceptors (Lipinski definition) is 5. The van der Waals surface area contributed by atoms with Gasteiger partial charge in [-0.25, -0.2) is 4.98 Å². The number of rotatable bonds is 6. The predicted octanol–water partition coefficient (Wildman–Crippen LogP) is 3.79. The molecule has 1 aromatic heterocycles. The summed E-state index contributed by atoms with van der Waals surface area (Å²) in [5.41, 5.74) is 2.22. The first-order valence-electron chi connectivity index (χ1n) is 8.94. The van der Waals surface area contributed by atoms with Crippen molar-refractivity contribution < 1.29 is 9.16 Å². The topological polar surface area (TPSA) is 46.6 Å². The molecule has 1 unspecified atom stereocenters. The van der Waals surface area contributed by atoms with Gasteiger partial charge in [-0.1, -0.05) is 20.8 Å². The van der Waals surface area contributed by atoms with Crippen LogP contribution in [0.2, 0.25) is 18.1 Å². The van der Waals surface area contributed by atoms with E-state index in [1.807, 2.05) is 13.1 Å². The molecule has 0 aliphatic carbocycles. The molecule has 0 bridgehead atoms. The average molecular weight is 430 g/mol. The summed E-state index contributed by atoms with van der Waals surface area (Å²) < 4.78 is 13.1. The van der Waals surface area contributed by atoms with Gasteiger partial charge in [-0.05, 0) is 53.2 Å². The monoisotopic (exact) mass is 429 g/mol. The quantitative estimate of drug-likeness (QED) is 0.550. The Balaban J connectivity index is 2.19. The van der Waals surface area contributed by atoms with Crippen molar-refractivity contribution in [2.24, 2.45) is 0 Å². The number of pyridine rings is 1. The van der Waals surface area contributed by atoms with Gasteiger partial charge in [-0.3, -0.25) is 0 Å². The standard InChI is InChI=1S/C18H32BrN3O2Si/c1-18(2,3)25(5,6)24-13-14-12-23-10-9-22(14)16-7-8-17(19)21-15(16)11-20-4/h7-8,14,20H,9-13H2,1-6H3. The molecule has 1 fully saturated rings. The number of ether oxygens (including phenoxy) is 1. The van der Waals surface area contributed by atoms with Gasteiger partial charge in [0.1, 0.15) is 4.60 Å². The third-order valence-corrected chi connectivity index (χ3v) is 10.2. The highest BCUT2D eigenvalue weighted by Crippen LogP contribution is 2.37. The maximum Gasteiger partial charge on any atom is 0.192 e. The Bertz CT molecular complexity index is 578. The van der Waals surface area contributed by atoms with Crippen molar-refractivity contribution in [1.82, 2.24) is 10.3 Å². The summed E-state index contributed by atoms with van der Waals surface area (Å²) >= 11 is 3.48. The van der Waals surface area contributed by atoms with E-state index in [2.05, 4.69) is 71.1 Å². The summed E-state index contributed by atoms with van der Waals surface area (Å²) in [7, 11) is 0.173. The van der Waals surface area contributed by atoms with Crippen LogP contribution < -0.4 is 10.2 Å². The summed E-state index contributed by atoms with van der Waals surface area (Å²) in [5.74, 6) is 0. The van der Waals surface area contributed by atoms with E-state index in [1.165, 1.54) is 5.69 Å². The van der Waals surface area contributed by atoms with Crippen molar-refractivity contribution in [2.45, 2.75) is 51.5 Å². The third kappa shape index (κ3) is 5.26. The van der Waals surface area contributed by atoms with E-state index in [0.717, 1.165) is 30.0 Å². The summed E-state index contributed by atoms with van der Waals surface area (Å²) in [6, 6.07) is 4.38. The lowest BCUT2D eigenvalue weighted by Gasteiger charge is -2.42. The lowest BCUT2D eigenvalue weighted by molar-refractivity contribution is 0.0744. The summed E-state index contributed by atoms with van der Waals surface area (Å²) in [6.07, 6.45) is 0. The largest absolute Gasteiger partial charge is 0.415 e. The van der Waals surface area contributed by atoms with Gasteiger partial charge in [-0.2, -0.15) is 0 Å². The number of hydrogen-bond donors (Lipinski definition) is 1. The second kappa shape index (κ2) is 8.48. The van der Waals surface area contributed by atoms with Gasteiger partial charge in [0.05, 0.1) is 37.2 Å². The average Bonchev–Trinajstić information content (AvgIpc) is 2.53. The van der Waals surface area contributed by atoms with Gasteiger partial charge < -0.3 is 19.4 Å². The Hall–Kier alpha value is -0.473. The van der Waals surface area contributed by atoms with Crippen LogP contribution in [0.5, 0.6) is 0 Å². The molecule has 142 valence electrons. The van der Waals surface area contributed by atoms with Gasteiger partial charge in [0.15, 0.2) is 8.32 Å².